The molecule has 0 saturated carbocycles. The molecule has 3 rings (SSSR count). The normalized spacial score (nSPS) is 11.0. The Balaban J connectivity index is 1.91. The van der Waals surface area contributed by atoms with Crippen molar-refractivity contribution >= 4 is 23.4 Å². The van der Waals surface area contributed by atoms with E-state index in [0.29, 0.717) is 11.3 Å². The van der Waals surface area contributed by atoms with Crippen LogP contribution in [0.1, 0.15) is 17.0 Å². The number of nitrogens with one attached hydrogen (secondary N) is 1. The number of nitro groups is 1. The Labute approximate surface area is 172 Å². The molecule has 0 unspecified atom stereocenters. The second-order valence-corrected chi connectivity index (χ2v) is 6.61. The molecule has 2 N–H and O–H groups in total. The third kappa shape index (κ3) is 4.20. The van der Waals surface area contributed by atoms with Crippen LogP contribution in [-0.2, 0) is 4.79 Å². The Hall–Kier alpha value is -4.38. The van der Waals surface area contributed by atoms with E-state index >= 15 is 0 Å². The van der Waals surface area contributed by atoms with Crippen molar-refractivity contribution in [2.24, 2.45) is 0 Å². The number of carbonyl (C=O) groups excluding carboxylic acids is 1. The lowest BCUT2D eigenvalue weighted by Gasteiger charge is -2.09. The molecule has 0 aliphatic carbocycles. The number of hydrogen-bond donors (Lipinski definition) is 2. The Morgan fingerprint density at radius 1 is 1.17 bits per heavy atom. The van der Waals surface area contributed by atoms with Crippen LogP contribution in [0.4, 0.5) is 11.4 Å². The molecule has 0 aliphatic heterocycles. The van der Waals surface area contributed by atoms with Crippen molar-refractivity contribution in [3.05, 3.63) is 87.2 Å². The average molecular weight is 402 g/mol. The molecule has 0 radical (unpaired) electrons. The fourth-order valence-electron chi connectivity index (χ4n) is 3.10. The van der Waals surface area contributed by atoms with Gasteiger partial charge in [0, 0.05) is 34.9 Å². The highest BCUT2D eigenvalue weighted by Crippen LogP contribution is 2.24. The number of nitrogens with zero attached hydrogens (tertiary/aromatic N) is 3. The van der Waals surface area contributed by atoms with Gasteiger partial charge < -0.3 is 15.0 Å². The van der Waals surface area contributed by atoms with Crippen LogP contribution in [0.3, 0.4) is 0 Å². The van der Waals surface area contributed by atoms with Crippen molar-refractivity contribution in [3.8, 4) is 17.5 Å². The van der Waals surface area contributed by atoms with Gasteiger partial charge in [0.1, 0.15) is 17.4 Å². The van der Waals surface area contributed by atoms with Gasteiger partial charge in [-0.05, 0) is 68.0 Å². The Morgan fingerprint density at radius 2 is 1.80 bits per heavy atom. The molecule has 0 atom stereocenters. The number of nitro benzene ring substituents is 1. The number of hydrogen-bond acceptors (Lipinski definition) is 5. The molecule has 0 saturated heterocycles. The molecule has 8 nitrogen and oxygen atoms in total. The summed E-state index contributed by atoms with van der Waals surface area (Å²) in [5.74, 6) is -0.494. The van der Waals surface area contributed by atoms with Crippen LogP contribution in [0.5, 0.6) is 5.75 Å². The van der Waals surface area contributed by atoms with Gasteiger partial charge in [-0.15, -0.1) is 0 Å². The summed E-state index contributed by atoms with van der Waals surface area (Å²) < 4.78 is 1.89. The Kier molecular flexibility index (Phi) is 5.65. The largest absolute Gasteiger partial charge is 0.508 e. The summed E-state index contributed by atoms with van der Waals surface area (Å²) in [7, 11) is 0. The first-order valence-corrected chi connectivity index (χ1v) is 8.96. The molecule has 1 heterocycles. The molecule has 1 amide bonds. The van der Waals surface area contributed by atoms with Crippen molar-refractivity contribution in [2.75, 3.05) is 5.32 Å². The fraction of sp³-hybridized carbons (Fsp3) is 0.0909. The second kappa shape index (κ2) is 8.32. The van der Waals surface area contributed by atoms with Crippen LogP contribution in [0.25, 0.3) is 11.8 Å². The fourth-order valence-corrected chi connectivity index (χ4v) is 3.10. The molecule has 0 aliphatic rings. The third-order valence-electron chi connectivity index (χ3n) is 4.58. The molecule has 3 aromatic rings. The summed E-state index contributed by atoms with van der Waals surface area (Å²) in [6, 6.07) is 15.8. The number of rotatable bonds is 5. The van der Waals surface area contributed by atoms with Gasteiger partial charge in [0.15, 0.2) is 0 Å². The summed E-state index contributed by atoms with van der Waals surface area (Å²) >= 11 is 0. The molecule has 0 bridgehead atoms. The summed E-state index contributed by atoms with van der Waals surface area (Å²) in [6.07, 6.45) is 1.50. The summed E-state index contributed by atoms with van der Waals surface area (Å²) in [5, 5.41) is 32.3. The van der Waals surface area contributed by atoms with Crippen molar-refractivity contribution < 1.29 is 14.8 Å². The lowest BCUT2D eigenvalue weighted by atomic mass is 10.1. The van der Waals surface area contributed by atoms with E-state index in [2.05, 4.69) is 5.32 Å². The quantitative estimate of drug-likeness (QED) is 0.217. The SMILES string of the molecule is Cc1cc(C=C(C#N)C(=O)Nc2ccc(O)cc2)c(C)n1-c1ccc([N+](=O)[O-])cc1. The van der Waals surface area contributed by atoms with Crippen molar-refractivity contribution in [1.29, 1.82) is 5.26 Å². The van der Waals surface area contributed by atoms with E-state index in [0.717, 1.165) is 17.1 Å². The Morgan fingerprint density at radius 3 is 2.37 bits per heavy atom. The van der Waals surface area contributed by atoms with Gasteiger partial charge >= 0.3 is 0 Å². The molecular weight excluding hydrogens is 384 g/mol. The van der Waals surface area contributed by atoms with Crippen LogP contribution >= 0.6 is 0 Å². The molecule has 0 fully saturated rings. The maximum atomic E-state index is 12.5. The molecule has 0 spiro atoms. The van der Waals surface area contributed by atoms with Crippen LogP contribution in [0.2, 0.25) is 0 Å². The minimum absolute atomic E-state index is 0.000926. The first kappa shape index (κ1) is 20.4. The standard InChI is InChI=1S/C22H18N4O4/c1-14-11-16(15(2)25(14)19-5-7-20(8-6-19)26(29)30)12-17(13-23)22(28)24-18-3-9-21(27)10-4-18/h3-12,27H,1-2H3,(H,24,28). The lowest BCUT2D eigenvalue weighted by Crippen LogP contribution is -2.13. The summed E-state index contributed by atoms with van der Waals surface area (Å²) in [4.78, 5) is 22.9. The van der Waals surface area contributed by atoms with E-state index in [9.17, 15) is 25.3 Å². The van der Waals surface area contributed by atoms with E-state index in [1.54, 1.807) is 12.1 Å². The van der Waals surface area contributed by atoms with E-state index in [1.165, 1.54) is 42.5 Å². The zero-order chi connectivity index (χ0) is 21.8. The average Bonchev–Trinajstić information content (AvgIpc) is 3.00. The zero-order valence-electron chi connectivity index (χ0n) is 16.3. The molecule has 30 heavy (non-hydrogen) atoms. The third-order valence-corrected chi connectivity index (χ3v) is 4.58. The molecular formula is C22H18N4O4. The van der Waals surface area contributed by atoms with Gasteiger partial charge in [-0.1, -0.05) is 0 Å². The minimum Gasteiger partial charge on any atom is -0.508 e. The van der Waals surface area contributed by atoms with Crippen LogP contribution < -0.4 is 5.32 Å². The highest BCUT2D eigenvalue weighted by Gasteiger charge is 2.15. The van der Waals surface area contributed by atoms with Crippen LogP contribution in [-0.4, -0.2) is 20.5 Å². The second-order valence-electron chi connectivity index (χ2n) is 6.61. The minimum atomic E-state index is -0.566. The number of phenols is 1. The first-order chi connectivity index (χ1) is 14.3. The number of anilines is 1. The smallest absolute Gasteiger partial charge is 0.269 e. The monoisotopic (exact) mass is 402 g/mol. The van der Waals surface area contributed by atoms with Gasteiger partial charge in [0.25, 0.3) is 11.6 Å². The Bertz CT molecular complexity index is 1180. The first-order valence-electron chi connectivity index (χ1n) is 8.96. The number of nitriles is 1. The number of amides is 1. The lowest BCUT2D eigenvalue weighted by molar-refractivity contribution is -0.384. The van der Waals surface area contributed by atoms with E-state index in [1.807, 2.05) is 30.6 Å². The number of aromatic nitrogens is 1. The number of aryl methyl sites for hydroxylation is 1. The van der Waals surface area contributed by atoms with Gasteiger partial charge in [-0.3, -0.25) is 14.9 Å². The van der Waals surface area contributed by atoms with Gasteiger partial charge in [-0.2, -0.15) is 5.26 Å². The number of phenolic OH excluding ortho intramolecular Hbond substituents is 1. The maximum absolute atomic E-state index is 12.5. The predicted molar refractivity (Wildman–Crippen MR) is 112 cm³/mol. The van der Waals surface area contributed by atoms with Crippen LogP contribution in [0.15, 0.2) is 60.2 Å². The van der Waals surface area contributed by atoms with Gasteiger partial charge in [-0.25, -0.2) is 0 Å². The van der Waals surface area contributed by atoms with E-state index < -0.39 is 10.8 Å². The van der Waals surface area contributed by atoms with Gasteiger partial charge in [0.05, 0.1) is 4.92 Å². The number of carbonyl (C=O) groups is 1. The zero-order valence-corrected chi connectivity index (χ0v) is 16.3. The number of non-ortho nitro benzene ring substituents is 1. The van der Waals surface area contributed by atoms with Crippen molar-refractivity contribution in [1.82, 2.24) is 4.57 Å². The number of benzene rings is 2. The molecule has 2 aromatic carbocycles. The highest BCUT2D eigenvalue weighted by molar-refractivity contribution is 6.09. The molecule has 8 heteroatoms. The van der Waals surface area contributed by atoms with Crippen molar-refractivity contribution in [2.45, 2.75) is 13.8 Å². The van der Waals surface area contributed by atoms with E-state index in [4.69, 9.17) is 0 Å². The van der Waals surface area contributed by atoms with Crippen LogP contribution in [0, 0.1) is 35.3 Å². The summed E-state index contributed by atoms with van der Waals surface area (Å²) in [5.41, 5.74) is 3.43. The van der Waals surface area contributed by atoms with E-state index in [-0.39, 0.29) is 17.0 Å². The molecule has 150 valence electrons. The summed E-state index contributed by atoms with van der Waals surface area (Å²) in [6.45, 7) is 3.71. The maximum Gasteiger partial charge on any atom is 0.269 e. The van der Waals surface area contributed by atoms with Crippen molar-refractivity contribution in [3.63, 3.8) is 0 Å². The number of aromatic hydroxyl groups is 1. The predicted octanol–water partition coefficient (Wildman–Crippen LogP) is 4.25. The highest BCUT2D eigenvalue weighted by atomic mass is 16.6. The van der Waals surface area contributed by atoms with Gasteiger partial charge in [0.2, 0.25) is 0 Å². The molecule has 1 aromatic heterocycles. The topological polar surface area (TPSA) is 121 Å².